The van der Waals surface area contributed by atoms with Gasteiger partial charge in [0.15, 0.2) is 0 Å². The van der Waals surface area contributed by atoms with Crippen molar-refractivity contribution in [2.75, 3.05) is 57.1 Å². The number of carbonyl (C=O) groups excluding carboxylic acids is 1. The molecule has 1 aromatic carbocycles. The monoisotopic (exact) mass is 418 g/mol. The van der Waals surface area contributed by atoms with Crippen molar-refractivity contribution in [2.24, 2.45) is 10.6 Å². The normalized spacial score (nSPS) is 15.7. The van der Waals surface area contributed by atoms with Gasteiger partial charge in [-0.05, 0) is 17.5 Å². The van der Waals surface area contributed by atoms with E-state index in [0.29, 0.717) is 5.69 Å². The smallest absolute Gasteiger partial charge is 0.319 e. The topological polar surface area (TPSA) is 129 Å². The minimum atomic E-state index is -0.613. The fourth-order valence-corrected chi connectivity index (χ4v) is 3.14. The van der Waals surface area contributed by atoms with E-state index >= 15 is 0 Å². The number of amidine groups is 1. The van der Waals surface area contributed by atoms with Crippen LogP contribution in [0.25, 0.3) is 0 Å². The third-order valence-corrected chi connectivity index (χ3v) is 4.94. The van der Waals surface area contributed by atoms with Crippen LogP contribution in [-0.4, -0.2) is 74.3 Å². The number of rotatable bonds is 8. The highest BCUT2D eigenvalue weighted by atomic mass is 16.5. The Morgan fingerprint density at radius 1 is 1.27 bits per heavy atom. The maximum atomic E-state index is 12.7. The molecule has 2 amide bonds. The molecule has 1 aromatic rings. The average molecular weight is 419 g/mol. The van der Waals surface area contributed by atoms with Gasteiger partial charge in [0.1, 0.15) is 5.84 Å². The van der Waals surface area contributed by atoms with E-state index in [1.807, 2.05) is 45.0 Å². The van der Waals surface area contributed by atoms with Crippen molar-refractivity contribution >= 4 is 23.2 Å². The van der Waals surface area contributed by atoms with Gasteiger partial charge in [0.25, 0.3) is 0 Å². The van der Waals surface area contributed by atoms with Gasteiger partial charge in [0.05, 0.1) is 30.6 Å². The lowest BCUT2D eigenvalue weighted by Gasteiger charge is -2.33. The number of ether oxygens (including phenoxy) is 1. The number of morpholine rings is 1. The quantitative estimate of drug-likeness (QED) is 0.192. The minimum absolute atomic E-state index is 0.0459. The van der Waals surface area contributed by atoms with Gasteiger partial charge in [-0.25, -0.2) is 9.80 Å². The number of anilines is 2. The molecule has 0 radical (unpaired) electrons. The molecular formula is C20H34N8O2. The number of hydrogen-bond donors (Lipinski definition) is 5. The van der Waals surface area contributed by atoms with Gasteiger partial charge in [-0.2, -0.15) is 5.53 Å². The van der Waals surface area contributed by atoms with E-state index in [-0.39, 0.29) is 5.84 Å². The average Bonchev–Trinajstić information content (AvgIpc) is 2.72. The molecule has 1 aliphatic heterocycles. The number of amides is 2. The number of carbonyl (C=O) groups is 1. The number of urea groups is 1. The first-order valence-electron chi connectivity index (χ1n) is 10.1. The molecule has 0 aliphatic carbocycles. The van der Waals surface area contributed by atoms with Gasteiger partial charge in [0, 0.05) is 33.2 Å². The second-order valence-electron chi connectivity index (χ2n) is 8.33. The van der Waals surface area contributed by atoms with Gasteiger partial charge >= 0.3 is 6.03 Å². The van der Waals surface area contributed by atoms with E-state index < -0.39 is 17.5 Å². The third kappa shape index (κ3) is 6.96. The highest BCUT2D eigenvalue weighted by Crippen LogP contribution is 2.23. The van der Waals surface area contributed by atoms with Crippen molar-refractivity contribution < 1.29 is 9.53 Å². The van der Waals surface area contributed by atoms with Crippen LogP contribution in [0.5, 0.6) is 0 Å². The van der Waals surface area contributed by atoms with Crippen LogP contribution in [0.4, 0.5) is 16.2 Å². The molecule has 0 bridgehead atoms. The highest BCUT2D eigenvalue weighted by molar-refractivity contribution is 5.96. The van der Waals surface area contributed by atoms with Crippen LogP contribution < -0.4 is 16.0 Å². The van der Waals surface area contributed by atoms with Gasteiger partial charge in [-0.15, -0.1) is 0 Å². The Morgan fingerprint density at radius 3 is 2.50 bits per heavy atom. The van der Waals surface area contributed by atoms with Gasteiger partial charge in [0.2, 0.25) is 0 Å². The molecule has 166 valence electrons. The number of nitrogens with zero attached hydrogens (tertiary/aromatic N) is 3. The second-order valence-corrected chi connectivity index (χ2v) is 8.33. The molecule has 2 rings (SSSR count). The molecule has 1 saturated heterocycles. The molecule has 1 aliphatic rings. The molecule has 5 N–H and O–H groups in total. The Morgan fingerprint density at radius 2 is 1.90 bits per heavy atom. The number of hydrogen-bond acceptors (Lipinski definition) is 7. The van der Waals surface area contributed by atoms with Crippen molar-refractivity contribution in [1.29, 1.82) is 10.9 Å². The van der Waals surface area contributed by atoms with Gasteiger partial charge < -0.3 is 20.7 Å². The Labute approximate surface area is 178 Å². The number of likely N-dealkylation sites (N-methyl/N-ethyl adjacent to an activating group) is 1. The third-order valence-electron chi connectivity index (χ3n) is 4.94. The molecule has 0 unspecified atom stereocenters. The Kier molecular flexibility index (Phi) is 8.55. The zero-order valence-corrected chi connectivity index (χ0v) is 18.3. The summed E-state index contributed by atoms with van der Waals surface area (Å²) >= 11 is 0. The zero-order valence-electron chi connectivity index (χ0n) is 18.3. The first-order chi connectivity index (χ1) is 14.2. The van der Waals surface area contributed by atoms with Crippen LogP contribution in [0.3, 0.4) is 0 Å². The summed E-state index contributed by atoms with van der Waals surface area (Å²) in [7, 11) is 1.52. The Hall–Kier alpha value is -2.72. The first kappa shape index (κ1) is 23.6. The lowest BCUT2D eigenvalue weighted by Crippen LogP contribution is -2.53. The molecule has 30 heavy (non-hydrogen) atoms. The lowest BCUT2D eigenvalue weighted by atomic mass is 9.86. The summed E-state index contributed by atoms with van der Waals surface area (Å²) in [4.78, 5) is 15.0. The number of para-hydroxylation sites is 2. The van der Waals surface area contributed by atoms with Crippen LogP contribution in [0.1, 0.15) is 20.8 Å². The molecule has 0 spiro atoms. The Balaban J connectivity index is 1.98. The zero-order chi connectivity index (χ0) is 22.1. The van der Waals surface area contributed by atoms with Crippen molar-refractivity contribution in [1.82, 2.24) is 15.2 Å². The molecule has 0 saturated carbocycles. The van der Waals surface area contributed by atoms with Crippen LogP contribution >= 0.6 is 0 Å². The predicted molar refractivity (Wildman–Crippen MR) is 118 cm³/mol. The van der Waals surface area contributed by atoms with Crippen molar-refractivity contribution in [2.45, 2.75) is 26.8 Å². The van der Waals surface area contributed by atoms with Crippen molar-refractivity contribution in [3.63, 3.8) is 0 Å². The minimum Gasteiger partial charge on any atom is -0.382 e. The van der Waals surface area contributed by atoms with E-state index in [1.54, 1.807) is 0 Å². The van der Waals surface area contributed by atoms with Crippen molar-refractivity contribution in [3.8, 4) is 0 Å². The van der Waals surface area contributed by atoms with Gasteiger partial charge in [-0.3, -0.25) is 10.3 Å². The maximum Gasteiger partial charge on any atom is 0.319 e. The summed E-state index contributed by atoms with van der Waals surface area (Å²) in [5.74, 6) is 0.0459. The number of nitrogens with one attached hydrogen (secondary N) is 5. The van der Waals surface area contributed by atoms with E-state index in [4.69, 9.17) is 15.7 Å². The summed E-state index contributed by atoms with van der Waals surface area (Å²) in [5.41, 5.74) is 8.20. The van der Waals surface area contributed by atoms with E-state index in [0.717, 1.165) is 50.1 Å². The summed E-state index contributed by atoms with van der Waals surface area (Å²) in [6.07, 6.45) is 0. The summed E-state index contributed by atoms with van der Waals surface area (Å²) in [5, 5.41) is 21.8. The lowest BCUT2D eigenvalue weighted by molar-refractivity contribution is 0.0398. The van der Waals surface area contributed by atoms with Crippen molar-refractivity contribution in [3.05, 3.63) is 24.3 Å². The number of benzene rings is 1. The van der Waals surface area contributed by atoms with E-state index in [2.05, 4.69) is 26.1 Å². The maximum absolute atomic E-state index is 12.7. The van der Waals surface area contributed by atoms with Crippen LogP contribution in [0.2, 0.25) is 0 Å². The fraction of sp³-hybridized carbons (Fsp3) is 0.600. The molecule has 1 fully saturated rings. The summed E-state index contributed by atoms with van der Waals surface area (Å²) in [6, 6.07) is 6.50. The fourth-order valence-electron chi connectivity index (χ4n) is 3.14. The highest BCUT2D eigenvalue weighted by Gasteiger charge is 2.32. The molecular weight excluding hydrogens is 384 g/mol. The molecule has 1 atom stereocenters. The van der Waals surface area contributed by atoms with Gasteiger partial charge in [-0.1, -0.05) is 38.1 Å². The molecule has 10 heteroatoms. The standard InChI is InChI=1S/C20H34N8O2/c1-20(2,3)17(18(21)27(4)26-22)25-19(29)24-16-8-6-5-7-15(16)23-9-10-28-11-13-30-14-12-28/h5-8,17,21-23H,9-14H2,1-4H3,(H2,24,25,29)/t17-/m1/s1. The molecule has 0 aromatic heterocycles. The Bertz CT molecular complexity index is 728. The van der Waals surface area contributed by atoms with Crippen LogP contribution in [-0.2, 0) is 4.74 Å². The largest absolute Gasteiger partial charge is 0.382 e. The summed E-state index contributed by atoms with van der Waals surface area (Å²) < 4.78 is 5.37. The molecule has 10 nitrogen and oxygen atoms in total. The van der Waals surface area contributed by atoms with E-state index in [1.165, 1.54) is 7.05 Å². The molecule has 1 heterocycles. The van der Waals surface area contributed by atoms with Crippen LogP contribution in [0, 0.1) is 16.4 Å². The SMILES string of the molecule is CN(N=N)C(=N)[C@@H](NC(=O)Nc1ccccc1NCCN1CCOCC1)C(C)(C)C. The van der Waals surface area contributed by atoms with E-state index in [9.17, 15) is 4.79 Å². The second kappa shape index (κ2) is 10.9. The summed E-state index contributed by atoms with van der Waals surface area (Å²) in [6.45, 7) is 10.8. The predicted octanol–water partition coefficient (Wildman–Crippen LogP) is 2.82. The first-order valence-corrected chi connectivity index (χ1v) is 10.1. The van der Waals surface area contributed by atoms with Crippen LogP contribution in [0.15, 0.2) is 29.5 Å².